The lowest BCUT2D eigenvalue weighted by molar-refractivity contribution is -0.150. The molecule has 11 heteroatoms. The Morgan fingerprint density at radius 1 is 1.06 bits per heavy atom. The second-order valence-corrected chi connectivity index (χ2v) is 7.47. The number of amides is 1. The fourth-order valence-electron chi connectivity index (χ4n) is 3.81. The van der Waals surface area contributed by atoms with Crippen LogP contribution in [0.25, 0.3) is 0 Å². The number of carbonyl (C=O) groups is 1. The molecular weight excluding hydrogens is 438 g/mol. The van der Waals surface area contributed by atoms with E-state index in [1.165, 1.54) is 48.3 Å². The molecule has 2 aromatic carbocycles. The van der Waals surface area contributed by atoms with Crippen molar-refractivity contribution in [1.82, 2.24) is 14.8 Å². The van der Waals surface area contributed by atoms with Crippen LogP contribution in [-0.4, -0.2) is 26.8 Å². The number of alkyl halides is 6. The number of aromatic nitrogens is 3. The Labute approximate surface area is 178 Å². The number of benzene rings is 2. The van der Waals surface area contributed by atoms with Gasteiger partial charge in [0.15, 0.2) is 0 Å². The van der Waals surface area contributed by atoms with Crippen molar-refractivity contribution in [2.24, 2.45) is 7.05 Å². The van der Waals surface area contributed by atoms with Crippen molar-refractivity contribution in [3.63, 3.8) is 0 Å². The molecule has 5 nitrogen and oxygen atoms in total. The number of rotatable bonds is 4. The van der Waals surface area contributed by atoms with Gasteiger partial charge in [-0.2, -0.15) is 26.3 Å². The molecule has 0 fully saturated rings. The highest BCUT2D eigenvalue weighted by atomic mass is 19.4. The van der Waals surface area contributed by atoms with E-state index >= 15 is 0 Å². The molecule has 4 rings (SSSR count). The van der Waals surface area contributed by atoms with E-state index in [-0.39, 0.29) is 34.7 Å². The molecule has 0 spiro atoms. The first-order chi connectivity index (χ1) is 15.0. The fourth-order valence-corrected chi connectivity index (χ4v) is 3.81. The lowest BCUT2D eigenvalue weighted by Gasteiger charge is -2.23. The van der Waals surface area contributed by atoms with E-state index in [0.29, 0.717) is 0 Å². The summed E-state index contributed by atoms with van der Waals surface area (Å²) in [7, 11) is 1.53. The first-order valence-corrected chi connectivity index (χ1v) is 9.47. The van der Waals surface area contributed by atoms with E-state index in [4.69, 9.17) is 0 Å². The lowest BCUT2D eigenvalue weighted by Crippen LogP contribution is -2.26. The van der Waals surface area contributed by atoms with E-state index in [9.17, 15) is 31.1 Å². The number of fused-ring (bicyclic) bond motifs is 1. The van der Waals surface area contributed by atoms with Gasteiger partial charge < -0.3 is 9.47 Å². The van der Waals surface area contributed by atoms with Crippen LogP contribution in [-0.2, 0) is 26.2 Å². The number of nitrogens with zero attached hydrogens (tertiary/aromatic N) is 4. The molecule has 3 aromatic rings. The first kappa shape index (κ1) is 21.8. The fraction of sp³-hybridized carbons (Fsp3) is 0.286. The second kappa shape index (κ2) is 7.64. The summed E-state index contributed by atoms with van der Waals surface area (Å²) in [4.78, 5) is 13.8. The van der Waals surface area contributed by atoms with Gasteiger partial charge in [-0.1, -0.05) is 18.2 Å². The zero-order valence-electron chi connectivity index (χ0n) is 16.6. The van der Waals surface area contributed by atoms with Gasteiger partial charge in [-0.25, -0.2) is 0 Å². The summed E-state index contributed by atoms with van der Waals surface area (Å²) in [6, 6.07) is 8.51. The molecule has 168 valence electrons. The van der Waals surface area contributed by atoms with Crippen LogP contribution >= 0.6 is 0 Å². The summed E-state index contributed by atoms with van der Waals surface area (Å²) < 4.78 is 83.0. The lowest BCUT2D eigenvalue weighted by atomic mass is 9.94. The van der Waals surface area contributed by atoms with Crippen LogP contribution in [0.5, 0.6) is 0 Å². The van der Waals surface area contributed by atoms with Crippen LogP contribution in [0.3, 0.4) is 0 Å². The Morgan fingerprint density at radius 3 is 2.41 bits per heavy atom. The average molecular weight is 454 g/mol. The summed E-state index contributed by atoms with van der Waals surface area (Å²) in [6.07, 6.45) is -8.46. The second-order valence-electron chi connectivity index (χ2n) is 7.47. The highest BCUT2D eigenvalue weighted by Crippen LogP contribution is 2.41. The summed E-state index contributed by atoms with van der Waals surface area (Å²) in [5, 5.41) is 7.30. The van der Waals surface area contributed by atoms with Gasteiger partial charge in [0, 0.05) is 24.7 Å². The summed E-state index contributed by atoms with van der Waals surface area (Å²) in [5.74, 6) is -2.51. The molecule has 1 aromatic heterocycles. The van der Waals surface area contributed by atoms with Crippen LogP contribution < -0.4 is 4.90 Å². The number of anilines is 1. The van der Waals surface area contributed by atoms with Crippen molar-refractivity contribution in [2.45, 2.75) is 31.2 Å². The van der Waals surface area contributed by atoms with Gasteiger partial charge >= 0.3 is 12.4 Å². The minimum Gasteiger partial charge on any atom is -0.321 e. The molecule has 1 aliphatic rings. The van der Waals surface area contributed by atoms with Crippen molar-refractivity contribution in [3.8, 4) is 0 Å². The molecule has 0 saturated carbocycles. The van der Waals surface area contributed by atoms with Crippen LogP contribution in [0.2, 0.25) is 0 Å². The average Bonchev–Trinajstić information content (AvgIpc) is 3.27. The number of carbonyl (C=O) groups excluding carboxylic acids is 1. The van der Waals surface area contributed by atoms with Crippen molar-refractivity contribution in [3.05, 3.63) is 76.9 Å². The summed E-state index contributed by atoms with van der Waals surface area (Å²) in [6.45, 7) is -0.382. The Balaban J connectivity index is 1.70. The van der Waals surface area contributed by atoms with E-state index in [1.807, 2.05) is 0 Å². The molecule has 0 unspecified atom stereocenters. The third-order valence-electron chi connectivity index (χ3n) is 5.44. The SMILES string of the molecule is Cn1cnnc1C[C@H](c1cccc(N2Cc3c(cccc3C(F)(F)F)C2=O)c1)C(F)(F)F. The molecule has 1 atom stereocenters. The Hall–Kier alpha value is -3.37. The molecule has 32 heavy (non-hydrogen) atoms. The highest BCUT2D eigenvalue weighted by Gasteiger charge is 2.43. The zero-order chi connectivity index (χ0) is 23.3. The molecule has 1 aliphatic heterocycles. The Kier molecular flexibility index (Phi) is 5.22. The maximum absolute atomic E-state index is 13.9. The van der Waals surface area contributed by atoms with E-state index in [2.05, 4.69) is 10.2 Å². The summed E-state index contributed by atoms with van der Waals surface area (Å²) in [5.41, 5.74) is -1.28. The van der Waals surface area contributed by atoms with Crippen molar-refractivity contribution in [2.75, 3.05) is 4.90 Å². The smallest absolute Gasteiger partial charge is 0.321 e. The predicted octanol–water partition coefficient (Wildman–Crippen LogP) is 4.88. The molecule has 2 heterocycles. The van der Waals surface area contributed by atoms with Crippen molar-refractivity contribution in [1.29, 1.82) is 0 Å². The molecule has 0 radical (unpaired) electrons. The van der Waals surface area contributed by atoms with Gasteiger partial charge in [-0.05, 0) is 35.4 Å². The van der Waals surface area contributed by atoms with Gasteiger partial charge in [-0.15, -0.1) is 10.2 Å². The molecule has 0 saturated heterocycles. The zero-order valence-corrected chi connectivity index (χ0v) is 16.6. The molecule has 0 aliphatic carbocycles. The van der Waals surface area contributed by atoms with Crippen molar-refractivity contribution < 1.29 is 31.1 Å². The molecule has 0 bridgehead atoms. The third-order valence-corrected chi connectivity index (χ3v) is 5.44. The van der Waals surface area contributed by atoms with E-state index in [1.54, 1.807) is 0 Å². The Bertz CT molecular complexity index is 1170. The van der Waals surface area contributed by atoms with Gasteiger partial charge in [-0.3, -0.25) is 4.79 Å². The standard InChI is InChI=1S/C21H16F6N4O/c1-30-11-28-29-18(30)9-17(21(25,26)27)12-4-2-5-13(8-12)31-10-15-14(19(31)32)6-3-7-16(15)20(22,23)24/h2-8,11,17H,9-10H2,1H3/t17-/m1/s1. The summed E-state index contributed by atoms with van der Waals surface area (Å²) >= 11 is 0. The topological polar surface area (TPSA) is 51.0 Å². The quantitative estimate of drug-likeness (QED) is 0.528. The number of hydrogen-bond donors (Lipinski definition) is 0. The largest absolute Gasteiger partial charge is 0.416 e. The molecule has 1 amide bonds. The van der Waals surface area contributed by atoms with Gasteiger partial charge in [0.05, 0.1) is 18.0 Å². The maximum Gasteiger partial charge on any atom is 0.416 e. The van der Waals surface area contributed by atoms with E-state index in [0.717, 1.165) is 17.0 Å². The maximum atomic E-state index is 13.9. The van der Waals surface area contributed by atoms with Gasteiger partial charge in [0.2, 0.25) is 0 Å². The van der Waals surface area contributed by atoms with Crippen LogP contribution in [0.1, 0.15) is 38.8 Å². The Morgan fingerprint density at radius 2 is 1.78 bits per heavy atom. The van der Waals surface area contributed by atoms with Gasteiger partial charge in [0.1, 0.15) is 12.2 Å². The van der Waals surface area contributed by atoms with Crippen LogP contribution in [0.4, 0.5) is 32.0 Å². The minimum absolute atomic E-state index is 0.0871. The number of halogens is 6. The third kappa shape index (κ3) is 3.94. The first-order valence-electron chi connectivity index (χ1n) is 9.47. The van der Waals surface area contributed by atoms with Crippen LogP contribution in [0, 0.1) is 0 Å². The van der Waals surface area contributed by atoms with E-state index < -0.39 is 36.2 Å². The van der Waals surface area contributed by atoms with Crippen molar-refractivity contribution >= 4 is 11.6 Å². The number of aryl methyl sites for hydroxylation is 1. The molecular formula is C21H16F6N4O. The normalized spacial score (nSPS) is 15.2. The number of hydrogen-bond acceptors (Lipinski definition) is 3. The molecule has 0 N–H and O–H groups in total. The minimum atomic E-state index is -4.65. The monoisotopic (exact) mass is 454 g/mol. The predicted molar refractivity (Wildman–Crippen MR) is 102 cm³/mol. The van der Waals surface area contributed by atoms with Crippen LogP contribution in [0.15, 0.2) is 48.8 Å². The highest BCUT2D eigenvalue weighted by molar-refractivity contribution is 6.10. The van der Waals surface area contributed by atoms with Gasteiger partial charge in [0.25, 0.3) is 5.91 Å².